The highest BCUT2D eigenvalue weighted by atomic mass is 19.1. The van der Waals surface area contributed by atoms with Crippen molar-refractivity contribution in [2.24, 2.45) is 28.6 Å². The molecule has 4 rings (SSSR count). The molecule has 0 radical (unpaired) electrons. The van der Waals surface area contributed by atoms with Crippen molar-refractivity contribution < 1.29 is 38.1 Å². The Kier molecular flexibility index (Phi) is 5.11. The minimum atomic E-state index is -2.27. The Morgan fingerprint density at radius 1 is 1.25 bits per heavy atom. The van der Waals surface area contributed by atoms with Gasteiger partial charge in [-0.25, -0.2) is 8.78 Å². The molecule has 3 fully saturated rings. The second kappa shape index (κ2) is 7.03. The molecule has 0 aliphatic heterocycles. The Bertz CT molecular complexity index is 945. The van der Waals surface area contributed by atoms with Gasteiger partial charge in [-0.1, -0.05) is 19.9 Å². The van der Waals surface area contributed by atoms with E-state index in [0.29, 0.717) is 0 Å². The SMILES string of the molecule is CC(=O)OCC(=O)[C@@]1(O)C(C)CC2C3CC(F)C4=CC(=O)C=C[C@]4(C)[C@@]3(F)C(O)C[C@@]21C. The van der Waals surface area contributed by atoms with Gasteiger partial charge >= 0.3 is 5.97 Å². The fourth-order valence-corrected chi connectivity index (χ4v) is 7.41. The summed E-state index contributed by atoms with van der Waals surface area (Å²) in [6, 6.07) is 0. The molecule has 6 nitrogen and oxygen atoms in total. The van der Waals surface area contributed by atoms with Crippen LogP contribution in [0.5, 0.6) is 0 Å². The van der Waals surface area contributed by atoms with Crippen molar-refractivity contribution in [3.63, 3.8) is 0 Å². The van der Waals surface area contributed by atoms with Crippen LogP contribution in [0.3, 0.4) is 0 Å². The van der Waals surface area contributed by atoms with E-state index < -0.39 is 76.3 Å². The van der Waals surface area contributed by atoms with Crippen molar-refractivity contribution in [2.75, 3.05) is 6.61 Å². The lowest BCUT2D eigenvalue weighted by atomic mass is 9.44. The van der Waals surface area contributed by atoms with E-state index in [-0.39, 0.29) is 24.8 Å². The van der Waals surface area contributed by atoms with Crippen molar-refractivity contribution >= 4 is 17.5 Å². The zero-order valence-electron chi connectivity index (χ0n) is 18.7. The molecule has 5 unspecified atom stereocenters. The van der Waals surface area contributed by atoms with E-state index in [1.807, 2.05) is 0 Å². The highest BCUT2D eigenvalue weighted by Gasteiger charge is 2.76. The van der Waals surface area contributed by atoms with E-state index in [2.05, 4.69) is 0 Å². The van der Waals surface area contributed by atoms with Crippen molar-refractivity contribution in [3.05, 3.63) is 23.8 Å². The fourth-order valence-electron chi connectivity index (χ4n) is 7.41. The molecule has 0 saturated heterocycles. The van der Waals surface area contributed by atoms with Gasteiger partial charge in [-0.2, -0.15) is 0 Å². The second-order valence-corrected chi connectivity index (χ2v) is 10.5. The van der Waals surface area contributed by atoms with E-state index in [4.69, 9.17) is 4.74 Å². The molecule has 0 amide bonds. The molecule has 3 saturated carbocycles. The summed E-state index contributed by atoms with van der Waals surface area (Å²) in [4.78, 5) is 36.1. The lowest BCUT2D eigenvalue weighted by Gasteiger charge is -2.63. The minimum absolute atomic E-state index is 0.0265. The van der Waals surface area contributed by atoms with E-state index in [1.165, 1.54) is 19.1 Å². The molecular formula is C24H30F2O6. The van der Waals surface area contributed by atoms with Crippen LogP contribution >= 0.6 is 0 Å². The van der Waals surface area contributed by atoms with Gasteiger partial charge in [0.2, 0.25) is 5.78 Å². The van der Waals surface area contributed by atoms with Gasteiger partial charge in [0.05, 0.1) is 6.10 Å². The van der Waals surface area contributed by atoms with Gasteiger partial charge in [-0.15, -0.1) is 0 Å². The molecule has 9 atom stereocenters. The van der Waals surface area contributed by atoms with Gasteiger partial charge in [0.25, 0.3) is 0 Å². The maximum atomic E-state index is 17.0. The van der Waals surface area contributed by atoms with Crippen LogP contribution in [0.15, 0.2) is 23.8 Å². The molecule has 0 aromatic heterocycles. The number of rotatable bonds is 3. The summed E-state index contributed by atoms with van der Waals surface area (Å²) in [5.41, 5.74) is -6.97. The summed E-state index contributed by atoms with van der Waals surface area (Å²) in [5, 5.41) is 22.8. The Morgan fingerprint density at radius 3 is 2.53 bits per heavy atom. The molecule has 0 bridgehead atoms. The van der Waals surface area contributed by atoms with Crippen LogP contribution < -0.4 is 0 Å². The molecule has 0 aromatic rings. The van der Waals surface area contributed by atoms with Crippen molar-refractivity contribution in [2.45, 2.75) is 70.5 Å². The Labute approximate surface area is 185 Å². The van der Waals surface area contributed by atoms with Crippen molar-refractivity contribution in [3.8, 4) is 0 Å². The molecule has 176 valence electrons. The zero-order chi connectivity index (χ0) is 23.9. The van der Waals surface area contributed by atoms with Crippen LogP contribution in [0.1, 0.15) is 47.0 Å². The number of carbonyl (C=O) groups excluding carboxylic acids is 3. The second-order valence-electron chi connectivity index (χ2n) is 10.5. The first-order valence-electron chi connectivity index (χ1n) is 11.1. The first kappa shape index (κ1) is 23.2. The lowest BCUT2D eigenvalue weighted by Crippen LogP contribution is -2.70. The number of allylic oxidation sites excluding steroid dienone is 4. The first-order chi connectivity index (χ1) is 14.7. The van der Waals surface area contributed by atoms with Crippen LogP contribution in [-0.2, 0) is 19.1 Å². The predicted molar refractivity (Wildman–Crippen MR) is 110 cm³/mol. The molecular weight excluding hydrogens is 422 g/mol. The number of aliphatic hydroxyl groups excluding tert-OH is 1. The summed E-state index contributed by atoms with van der Waals surface area (Å²) in [7, 11) is 0. The third-order valence-corrected chi connectivity index (χ3v) is 9.04. The van der Waals surface area contributed by atoms with Crippen LogP contribution in [-0.4, -0.2) is 57.9 Å². The molecule has 4 aliphatic rings. The van der Waals surface area contributed by atoms with Gasteiger partial charge < -0.3 is 14.9 Å². The van der Waals surface area contributed by atoms with Gasteiger partial charge in [0, 0.05) is 23.7 Å². The molecule has 4 aliphatic carbocycles. The van der Waals surface area contributed by atoms with Crippen LogP contribution in [0.25, 0.3) is 0 Å². The number of halogens is 2. The molecule has 2 N–H and O–H groups in total. The van der Waals surface area contributed by atoms with Gasteiger partial charge in [0.1, 0.15) is 11.8 Å². The average Bonchev–Trinajstić information content (AvgIpc) is 2.91. The summed E-state index contributed by atoms with van der Waals surface area (Å²) in [6.07, 6.45) is 0.271. The number of Topliss-reactive ketones (excluding diaryl/α,β-unsaturated/α-hetero) is 1. The summed E-state index contributed by atoms with van der Waals surface area (Å²) < 4.78 is 37.2. The lowest BCUT2D eigenvalue weighted by molar-refractivity contribution is -0.224. The number of alkyl halides is 2. The topological polar surface area (TPSA) is 101 Å². The number of ketones is 2. The number of aliphatic hydroxyl groups is 2. The van der Waals surface area contributed by atoms with Gasteiger partial charge in [-0.05, 0) is 55.7 Å². The molecule has 32 heavy (non-hydrogen) atoms. The van der Waals surface area contributed by atoms with Crippen molar-refractivity contribution in [1.82, 2.24) is 0 Å². The summed E-state index contributed by atoms with van der Waals surface area (Å²) in [6.45, 7) is 5.34. The minimum Gasteiger partial charge on any atom is -0.458 e. The number of hydrogen-bond donors (Lipinski definition) is 2. The standard InChI is InChI=1S/C24H30F2O6/c1-12-7-15-16-9-18(25)17-8-14(28)5-6-21(17,3)23(16,26)19(29)10-22(15,4)24(12,31)20(30)11-32-13(2)27/h5-6,8,12,15-16,18-19,29,31H,7,9-11H2,1-4H3/t12?,15?,16?,18?,19?,21-,22-,23-,24-/m0/s1. The summed E-state index contributed by atoms with van der Waals surface area (Å²) in [5.74, 6) is -3.98. The highest BCUT2D eigenvalue weighted by Crippen LogP contribution is 2.70. The monoisotopic (exact) mass is 452 g/mol. The van der Waals surface area contributed by atoms with Crippen molar-refractivity contribution in [1.29, 1.82) is 0 Å². The molecule has 8 heteroatoms. The van der Waals surface area contributed by atoms with E-state index in [0.717, 1.165) is 13.0 Å². The van der Waals surface area contributed by atoms with Crippen LogP contribution in [0, 0.1) is 28.6 Å². The Balaban J connectivity index is 1.79. The van der Waals surface area contributed by atoms with Crippen LogP contribution in [0.2, 0.25) is 0 Å². The zero-order valence-corrected chi connectivity index (χ0v) is 18.7. The van der Waals surface area contributed by atoms with E-state index >= 15 is 8.78 Å². The number of esters is 1. The van der Waals surface area contributed by atoms with E-state index in [9.17, 15) is 24.6 Å². The number of ether oxygens (including phenoxy) is 1. The molecule has 0 spiro atoms. The van der Waals surface area contributed by atoms with Gasteiger partial charge in [-0.3, -0.25) is 14.4 Å². The average molecular weight is 452 g/mol. The Morgan fingerprint density at radius 2 is 1.91 bits per heavy atom. The quantitative estimate of drug-likeness (QED) is 0.638. The number of hydrogen-bond acceptors (Lipinski definition) is 6. The predicted octanol–water partition coefficient (Wildman–Crippen LogP) is 2.41. The van der Waals surface area contributed by atoms with Crippen LogP contribution in [0.4, 0.5) is 8.78 Å². The fraction of sp³-hybridized carbons (Fsp3) is 0.708. The third kappa shape index (κ3) is 2.65. The molecule has 0 aromatic carbocycles. The summed E-state index contributed by atoms with van der Waals surface area (Å²) >= 11 is 0. The maximum absolute atomic E-state index is 17.0. The highest BCUT2D eigenvalue weighted by molar-refractivity contribution is 6.01. The normalized spacial score (nSPS) is 49.6. The maximum Gasteiger partial charge on any atom is 0.303 e. The van der Waals surface area contributed by atoms with E-state index in [1.54, 1.807) is 13.8 Å². The largest absolute Gasteiger partial charge is 0.458 e. The smallest absolute Gasteiger partial charge is 0.303 e. The molecule has 0 heterocycles. The third-order valence-electron chi connectivity index (χ3n) is 9.04. The van der Waals surface area contributed by atoms with Gasteiger partial charge in [0.15, 0.2) is 18.1 Å². The first-order valence-corrected chi connectivity index (χ1v) is 11.1. The number of fused-ring (bicyclic) bond motifs is 5. The Hall–Kier alpha value is -1.93. The number of carbonyl (C=O) groups is 3.